The van der Waals surface area contributed by atoms with Crippen LogP contribution in [0, 0.1) is 6.92 Å². The molecule has 3 heteroatoms. The number of nitrogen functional groups attached to an aromatic ring is 1. The lowest BCUT2D eigenvalue weighted by Gasteiger charge is -2.28. The number of hydrogen-bond donors (Lipinski definition) is 2. The van der Waals surface area contributed by atoms with Gasteiger partial charge in [0.05, 0.1) is 11.8 Å². The number of aliphatic hydroxyl groups excluding tert-OH is 1. The molecule has 1 fully saturated rings. The Hall–Kier alpha value is -1.22. The van der Waals surface area contributed by atoms with Crippen molar-refractivity contribution in [2.75, 3.05) is 5.73 Å². The first-order valence-corrected chi connectivity index (χ1v) is 5.87. The fraction of sp³-hybridized carbons (Fsp3) is 0.538. The third kappa shape index (κ3) is 2.47. The van der Waals surface area contributed by atoms with E-state index in [0.29, 0.717) is 11.4 Å². The molecule has 0 bridgehead atoms. The second-order valence-electron chi connectivity index (χ2n) is 4.55. The van der Waals surface area contributed by atoms with Gasteiger partial charge >= 0.3 is 0 Å². The average Bonchev–Trinajstić information content (AvgIpc) is 2.27. The first-order chi connectivity index (χ1) is 7.66. The van der Waals surface area contributed by atoms with E-state index in [9.17, 15) is 5.11 Å². The SMILES string of the molecule is Cc1ccc(N)c(O[C@@H]2CCCC[C@H]2O)c1. The van der Waals surface area contributed by atoms with E-state index in [0.717, 1.165) is 31.2 Å². The summed E-state index contributed by atoms with van der Waals surface area (Å²) in [6.45, 7) is 2.00. The second-order valence-corrected chi connectivity index (χ2v) is 4.55. The Morgan fingerprint density at radius 1 is 1.31 bits per heavy atom. The maximum absolute atomic E-state index is 9.82. The third-order valence-electron chi connectivity index (χ3n) is 3.12. The van der Waals surface area contributed by atoms with Crippen molar-refractivity contribution in [3.8, 4) is 5.75 Å². The molecule has 3 N–H and O–H groups in total. The Morgan fingerprint density at radius 3 is 2.81 bits per heavy atom. The smallest absolute Gasteiger partial charge is 0.143 e. The zero-order valence-corrected chi connectivity index (χ0v) is 9.65. The Morgan fingerprint density at radius 2 is 2.06 bits per heavy atom. The van der Waals surface area contributed by atoms with Gasteiger partial charge in [-0.3, -0.25) is 0 Å². The molecule has 16 heavy (non-hydrogen) atoms. The van der Waals surface area contributed by atoms with E-state index in [4.69, 9.17) is 10.5 Å². The molecule has 0 saturated heterocycles. The maximum Gasteiger partial charge on any atom is 0.143 e. The minimum atomic E-state index is -0.353. The van der Waals surface area contributed by atoms with Crippen LogP contribution in [0.1, 0.15) is 31.2 Å². The normalized spacial score (nSPS) is 25.4. The first-order valence-electron chi connectivity index (χ1n) is 5.87. The topological polar surface area (TPSA) is 55.5 Å². The van der Waals surface area contributed by atoms with Crippen molar-refractivity contribution in [2.45, 2.75) is 44.8 Å². The fourth-order valence-corrected chi connectivity index (χ4v) is 2.12. The summed E-state index contributed by atoms with van der Waals surface area (Å²) in [6.07, 6.45) is 3.49. The van der Waals surface area contributed by atoms with E-state index < -0.39 is 0 Å². The van der Waals surface area contributed by atoms with Crippen molar-refractivity contribution in [3.05, 3.63) is 23.8 Å². The summed E-state index contributed by atoms with van der Waals surface area (Å²) in [5, 5.41) is 9.82. The zero-order chi connectivity index (χ0) is 11.5. The quantitative estimate of drug-likeness (QED) is 0.753. The van der Waals surface area contributed by atoms with Crippen LogP contribution < -0.4 is 10.5 Å². The van der Waals surface area contributed by atoms with E-state index in [-0.39, 0.29) is 12.2 Å². The van der Waals surface area contributed by atoms with Crippen molar-refractivity contribution < 1.29 is 9.84 Å². The highest BCUT2D eigenvalue weighted by Crippen LogP contribution is 2.28. The van der Waals surface area contributed by atoms with Gasteiger partial charge in [0, 0.05) is 0 Å². The van der Waals surface area contributed by atoms with Gasteiger partial charge in [0.2, 0.25) is 0 Å². The lowest BCUT2D eigenvalue weighted by Crippen LogP contribution is -2.34. The van der Waals surface area contributed by atoms with Gasteiger partial charge < -0.3 is 15.6 Å². The van der Waals surface area contributed by atoms with Crippen LogP contribution in [-0.2, 0) is 0 Å². The van der Waals surface area contributed by atoms with Gasteiger partial charge in [0.15, 0.2) is 0 Å². The molecule has 1 saturated carbocycles. The molecule has 0 radical (unpaired) electrons. The number of rotatable bonds is 2. The predicted molar refractivity (Wildman–Crippen MR) is 64.5 cm³/mol. The van der Waals surface area contributed by atoms with Gasteiger partial charge in [-0.05, 0) is 43.9 Å². The zero-order valence-electron chi connectivity index (χ0n) is 9.65. The van der Waals surface area contributed by atoms with E-state index in [1.54, 1.807) is 0 Å². The van der Waals surface area contributed by atoms with Crippen LogP contribution in [0.2, 0.25) is 0 Å². The summed E-state index contributed by atoms with van der Waals surface area (Å²) in [6, 6.07) is 5.73. The molecule has 88 valence electrons. The van der Waals surface area contributed by atoms with Crippen LogP contribution in [0.15, 0.2) is 18.2 Å². The van der Waals surface area contributed by atoms with Crippen LogP contribution >= 0.6 is 0 Å². The molecule has 0 heterocycles. The lowest BCUT2D eigenvalue weighted by atomic mass is 9.95. The molecule has 0 amide bonds. The number of aliphatic hydroxyl groups is 1. The molecule has 2 rings (SSSR count). The van der Waals surface area contributed by atoms with Gasteiger partial charge in [-0.25, -0.2) is 0 Å². The van der Waals surface area contributed by atoms with Crippen LogP contribution in [0.4, 0.5) is 5.69 Å². The molecule has 1 aliphatic carbocycles. The van der Waals surface area contributed by atoms with E-state index in [2.05, 4.69) is 0 Å². The number of nitrogens with two attached hydrogens (primary N) is 1. The standard InChI is InChI=1S/C13H19NO2/c1-9-6-7-10(14)13(8-9)16-12-5-3-2-4-11(12)15/h6-8,11-12,15H,2-5,14H2,1H3/t11-,12-/m1/s1. The van der Waals surface area contributed by atoms with Gasteiger partial charge in [0.25, 0.3) is 0 Å². The van der Waals surface area contributed by atoms with Gasteiger partial charge in [-0.2, -0.15) is 0 Å². The molecule has 3 nitrogen and oxygen atoms in total. The minimum absolute atomic E-state index is 0.0992. The van der Waals surface area contributed by atoms with E-state index in [1.807, 2.05) is 25.1 Å². The number of benzene rings is 1. The molecular weight excluding hydrogens is 202 g/mol. The van der Waals surface area contributed by atoms with Gasteiger partial charge in [-0.15, -0.1) is 0 Å². The van der Waals surface area contributed by atoms with Crippen molar-refractivity contribution in [3.63, 3.8) is 0 Å². The summed E-state index contributed by atoms with van der Waals surface area (Å²) in [4.78, 5) is 0. The Balaban J connectivity index is 2.10. The van der Waals surface area contributed by atoms with E-state index >= 15 is 0 Å². The highest BCUT2D eigenvalue weighted by molar-refractivity contribution is 5.53. The number of anilines is 1. The van der Waals surface area contributed by atoms with Gasteiger partial charge in [-0.1, -0.05) is 12.5 Å². The van der Waals surface area contributed by atoms with Crippen LogP contribution in [-0.4, -0.2) is 17.3 Å². The molecule has 0 aliphatic heterocycles. The van der Waals surface area contributed by atoms with Gasteiger partial charge in [0.1, 0.15) is 11.9 Å². The number of aryl methyl sites for hydroxylation is 1. The highest BCUT2D eigenvalue weighted by Gasteiger charge is 2.25. The van der Waals surface area contributed by atoms with Crippen molar-refractivity contribution in [2.24, 2.45) is 0 Å². The first kappa shape index (κ1) is 11.3. The van der Waals surface area contributed by atoms with Crippen LogP contribution in [0.5, 0.6) is 5.75 Å². The van der Waals surface area contributed by atoms with Crippen molar-refractivity contribution in [1.29, 1.82) is 0 Å². The molecule has 1 aromatic rings. The summed E-state index contributed by atoms with van der Waals surface area (Å²) in [5.74, 6) is 0.700. The molecule has 0 aromatic heterocycles. The Labute approximate surface area is 96.2 Å². The molecule has 0 unspecified atom stereocenters. The third-order valence-corrected chi connectivity index (χ3v) is 3.12. The highest BCUT2D eigenvalue weighted by atomic mass is 16.5. The lowest BCUT2D eigenvalue weighted by molar-refractivity contribution is 0.00725. The molecule has 1 aliphatic rings. The predicted octanol–water partition coefficient (Wildman–Crippen LogP) is 2.26. The summed E-state index contributed by atoms with van der Waals surface area (Å²) in [5.41, 5.74) is 7.61. The van der Waals surface area contributed by atoms with Crippen LogP contribution in [0.3, 0.4) is 0 Å². The monoisotopic (exact) mass is 221 g/mol. The molecular formula is C13H19NO2. The minimum Gasteiger partial charge on any atom is -0.486 e. The van der Waals surface area contributed by atoms with Crippen molar-refractivity contribution in [1.82, 2.24) is 0 Å². The number of hydrogen-bond acceptors (Lipinski definition) is 3. The largest absolute Gasteiger partial charge is 0.486 e. The molecule has 2 atom stereocenters. The van der Waals surface area contributed by atoms with Crippen molar-refractivity contribution >= 4 is 5.69 Å². The summed E-state index contributed by atoms with van der Waals surface area (Å²) >= 11 is 0. The Kier molecular flexibility index (Phi) is 3.34. The Bertz CT molecular complexity index is 365. The fourth-order valence-electron chi connectivity index (χ4n) is 2.12. The van der Waals surface area contributed by atoms with E-state index in [1.165, 1.54) is 0 Å². The molecule has 1 aromatic carbocycles. The second kappa shape index (κ2) is 4.74. The number of ether oxygens (including phenoxy) is 1. The molecule has 0 spiro atoms. The van der Waals surface area contributed by atoms with Crippen LogP contribution in [0.25, 0.3) is 0 Å². The maximum atomic E-state index is 9.82. The summed E-state index contributed by atoms with van der Waals surface area (Å²) in [7, 11) is 0. The average molecular weight is 221 g/mol. The summed E-state index contributed by atoms with van der Waals surface area (Å²) < 4.78 is 5.80.